The predicted molar refractivity (Wildman–Crippen MR) is 257 cm³/mol. The van der Waals surface area contributed by atoms with Gasteiger partial charge in [0.15, 0.2) is 0 Å². The topological polar surface area (TPSA) is 16.4 Å². The standard InChI is InChI=1S/C59H41NO/c1-59(2)52-37-43(30-32-48(52)50-33-29-40-18-7-9-23-47(40)58(50)59)57-46(39-15-4-3-5-16-39)25-14-27-54(57)60(53-26-13-19-38-17-6-8-22-45(38)53)44-21-12-20-41(35-44)42-31-34-56-51(36-42)49-24-10-11-28-55(49)61-56/h3-37H,1-2H3. The van der Waals surface area contributed by atoms with Gasteiger partial charge in [-0.15, -0.1) is 0 Å². The SMILES string of the molecule is CC1(C)c2cc(-c3c(-c4ccccc4)cccc3N(c3cccc(-c4ccc5oc6ccccc6c5c4)c3)c3cccc4ccccc34)ccc2-c2ccc3ccccc3c21. The summed E-state index contributed by atoms with van der Waals surface area (Å²) in [7, 11) is 0. The second kappa shape index (κ2) is 13.7. The summed E-state index contributed by atoms with van der Waals surface area (Å²) in [5.74, 6) is 0. The highest BCUT2D eigenvalue weighted by molar-refractivity contribution is 6.07. The van der Waals surface area contributed by atoms with E-state index in [9.17, 15) is 0 Å². The van der Waals surface area contributed by atoms with Crippen LogP contribution >= 0.6 is 0 Å². The van der Waals surface area contributed by atoms with Gasteiger partial charge in [-0.1, -0.05) is 178 Å². The van der Waals surface area contributed by atoms with E-state index in [-0.39, 0.29) is 5.41 Å². The van der Waals surface area contributed by atoms with Gasteiger partial charge in [0.25, 0.3) is 0 Å². The maximum absolute atomic E-state index is 6.23. The lowest BCUT2D eigenvalue weighted by Crippen LogP contribution is -2.16. The molecular weight excluding hydrogens is 739 g/mol. The molecule has 1 aliphatic rings. The van der Waals surface area contributed by atoms with Crippen LogP contribution in [-0.4, -0.2) is 0 Å². The second-order valence-electron chi connectivity index (χ2n) is 16.9. The average Bonchev–Trinajstić information content (AvgIpc) is 3.80. The van der Waals surface area contributed by atoms with Gasteiger partial charge in [-0.05, 0) is 115 Å². The molecule has 0 saturated heterocycles. The molecule has 2 heteroatoms. The maximum Gasteiger partial charge on any atom is 0.135 e. The summed E-state index contributed by atoms with van der Waals surface area (Å²) in [4.78, 5) is 2.49. The minimum Gasteiger partial charge on any atom is -0.456 e. The van der Waals surface area contributed by atoms with Gasteiger partial charge in [0.1, 0.15) is 11.2 Å². The number of para-hydroxylation sites is 1. The molecule has 0 spiro atoms. The van der Waals surface area contributed by atoms with Crippen LogP contribution in [-0.2, 0) is 5.41 Å². The lowest BCUT2D eigenvalue weighted by atomic mass is 9.79. The molecule has 0 amide bonds. The summed E-state index contributed by atoms with van der Waals surface area (Å²) in [5.41, 5.74) is 17.4. The summed E-state index contributed by atoms with van der Waals surface area (Å²) in [5, 5.41) is 7.25. The Bertz CT molecular complexity index is 3510. The molecule has 0 bridgehead atoms. The Morgan fingerprint density at radius 3 is 1.87 bits per heavy atom. The summed E-state index contributed by atoms with van der Waals surface area (Å²) in [6.07, 6.45) is 0. The van der Waals surface area contributed by atoms with Crippen molar-refractivity contribution in [3.8, 4) is 44.5 Å². The van der Waals surface area contributed by atoms with Gasteiger partial charge in [0, 0.05) is 32.8 Å². The first kappa shape index (κ1) is 35.3. The first-order valence-electron chi connectivity index (χ1n) is 21.2. The minimum atomic E-state index is -0.200. The highest BCUT2D eigenvalue weighted by Gasteiger charge is 2.37. The van der Waals surface area contributed by atoms with Crippen LogP contribution in [0.3, 0.4) is 0 Å². The number of rotatable bonds is 6. The number of nitrogens with zero attached hydrogens (tertiary/aromatic N) is 1. The van der Waals surface area contributed by atoms with Crippen LogP contribution in [0.25, 0.3) is 88.0 Å². The lowest BCUT2D eigenvalue weighted by Gasteiger charge is -2.31. The molecule has 10 aromatic carbocycles. The van der Waals surface area contributed by atoms with Gasteiger partial charge in [0.05, 0.1) is 11.4 Å². The number of fused-ring (bicyclic) bond motifs is 9. The summed E-state index contributed by atoms with van der Waals surface area (Å²) in [6.45, 7) is 4.80. The van der Waals surface area contributed by atoms with Crippen LogP contribution in [0.2, 0.25) is 0 Å². The monoisotopic (exact) mass is 779 g/mol. The number of hydrogen-bond acceptors (Lipinski definition) is 2. The van der Waals surface area contributed by atoms with Crippen LogP contribution in [0.15, 0.2) is 217 Å². The van der Waals surface area contributed by atoms with Crippen LogP contribution in [0, 0.1) is 0 Å². The Morgan fingerprint density at radius 1 is 0.377 bits per heavy atom. The molecule has 1 aromatic heterocycles. The molecule has 0 unspecified atom stereocenters. The van der Waals surface area contributed by atoms with Crippen molar-refractivity contribution < 1.29 is 4.42 Å². The third kappa shape index (κ3) is 5.56. The Balaban J connectivity index is 1.10. The Morgan fingerprint density at radius 2 is 1.00 bits per heavy atom. The molecular formula is C59H41NO. The Labute approximate surface area is 355 Å². The quantitative estimate of drug-likeness (QED) is 0.167. The van der Waals surface area contributed by atoms with Crippen molar-refractivity contribution >= 4 is 60.5 Å². The molecule has 0 aliphatic heterocycles. The number of benzene rings is 10. The number of hydrogen-bond donors (Lipinski definition) is 0. The van der Waals surface area contributed by atoms with Crippen molar-refractivity contribution in [1.82, 2.24) is 0 Å². The first-order chi connectivity index (χ1) is 30.0. The largest absolute Gasteiger partial charge is 0.456 e. The molecule has 11 aromatic rings. The fourth-order valence-corrected chi connectivity index (χ4v) is 10.2. The van der Waals surface area contributed by atoms with E-state index in [0.717, 1.165) is 50.1 Å². The zero-order chi connectivity index (χ0) is 40.7. The van der Waals surface area contributed by atoms with Crippen molar-refractivity contribution in [2.45, 2.75) is 19.3 Å². The van der Waals surface area contributed by atoms with E-state index in [1.165, 1.54) is 66.1 Å². The first-order valence-corrected chi connectivity index (χ1v) is 21.2. The van der Waals surface area contributed by atoms with E-state index < -0.39 is 0 Å². The maximum atomic E-state index is 6.23. The van der Waals surface area contributed by atoms with Crippen LogP contribution in [0.5, 0.6) is 0 Å². The summed E-state index contributed by atoms with van der Waals surface area (Å²) in [6, 6.07) is 77.6. The number of anilines is 3. The van der Waals surface area contributed by atoms with Crippen molar-refractivity contribution in [3.63, 3.8) is 0 Å². The zero-order valence-corrected chi connectivity index (χ0v) is 34.1. The molecule has 0 N–H and O–H groups in total. The zero-order valence-electron chi connectivity index (χ0n) is 34.1. The molecule has 0 atom stereocenters. The van der Waals surface area contributed by atoms with E-state index in [2.05, 4.69) is 219 Å². The highest BCUT2D eigenvalue weighted by Crippen LogP contribution is 2.54. The van der Waals surface area contributed by atoms with E-state index in [4.69, 9.17) is 4.42 Å². The van der Waals surface area contributed by atoms with Crippen LogP contribution in [0.1, 0.15) is 25.0 Å². The normalized spacial score (nSPS) is 12.9. The molecule has 12 rings (SSSR count). The van der Waals surface area contributed by atoms with Gasteiger partial charge in [0.2, 0.25) is 0 Å². The predicted octanol–water partition coefficient (Wildman–Crippen LogP) is 16.7. The van der Waals surface area contributed by atoms with Crippen molar-refractivity contribution in [2.75, 3.05) is 4.90 Å². The van der Waals surface area contributed by atoms with Crippen molar-refractivity contribution in [1.29, 1.82) is 0 Å². The fourth-order valence-electron chi connectivity index (χ4n) is 10.2. The number of furan rings is 1. The molecule has 1 heterocycles. The van der Waals surface area contributed by atoms with E-state index in [1.807, 2.05) is 12.1 Å². The molecule has 0 fully saturated rings. The third-order valence-corrected chi connectivity index (χ3v) is 13.0. The molecule has 0 radical (unpaired) electrons. The van der Waals surface area contributed by atoms with Gasteiger partial charge in [-0.2, -0.15) is 0 Å². The second-order valence-corrected chi connectivity index (χ2v) is 16.9. The molecule has 288 valence electrons. The molecule has 1 aliphatic carbocycles. The van der Waals surface area contributed by atoms with Crippen LogP contribution < -0.4 is 4.90 Å². The highest BCUT2D eigenvalue weighted by atomic mass is 16.3. The summed E-state index contributed by atoms with van der Waals surface area (Å²) < 4.78 is 6.23. The smallest absolute Gasteiger partial charge is 0.135 e. The van der Waals surface area contributed by atoms with Gasteiger partial charge in [-0.25, -0.2) is 0 Å². The van der Waals surface area contributed by atoms with E-state index in [1.54, 1.807) is 0 Å². The van der Waals surface area contributed by atoms with Gasteiger partial charge < -0.3 is 9.32 Å². The van der Waals surface area contributed by atoms with E-state index in [0.29, 0.717) is 0 Å². The van der Waals surface area contributed by atoms with Crippen molar-refractivity contribution in [2.24, 2.45) is 0 Å². The van der Waals surface area contributed by atoms with Crippen LogP contribution in [0.4, 0.5) is 17.1 Å². The lowest BCUT2D eigenvalue weighted by molar-refractivity contribution is 0.666. The van der Waals surface area contributed by atoms with E-state index >= 15 is 0 Å². The average molecular weight is 780 g/mol. The van der Waals surface area contributed by atoms with Crippen molar-refractivity contribution in [3.05, 3.63) is 223 Å². The molecule has 0 saturated carbocycles. The summed E-state index contributed by atoms with van der Waals surface area (Å²) >= 11 is 0. The molecule has 61 heavy (non-hydrogen) atoms. The third-order valence-electron chi connectivity index (χ3n) is 13.0. The minimum absolute atomic E-state index is 0.200. The van der Waals surface area contributed by atoms with Gasteiger partial charge >= 0.3 is 0 Å². The van der Waals surface area contributed by atoms with Gasteiger partial charge in [-0.3, -0.25) is 0 Å². The Kier molecular flexibility index (Phi) is 7.92. The fraction of sp³-hybridized carbons (Fsp3) is 0.0508. The molecule has 2 nitrogen and oxygen atoms in total. The Hall–Kier alpha value is -7.68.